The van der Waals surface area contributed by atoms with Gasteiger partial charge in [0.15, 0.2) is 11.7 Å². The number of hydrogen-bond acceptors (Lipinski definition) is 6. The molecule has 2 amide bonds. The van der Waals surface area contributed by atoms with E-state index in [1.54, 1.807) is 16.3 Å². The number of likely N-dealkylation sites (N-methyl/N-ethyl adjacent to an activating group) is 1. The fraction of sp³-hybridized carbons (Fsp3) is 0.300. The Kier molecular flexibility index (Phi) is 8.02. The second-order valence-electron chi connectivity index (χ2n) is 5.87. The molecule has 0 atom stereocenters. The Balaban J connectivity index is 2.05. The highest BCUT2D eigenvalue weighted by atomic mass is 32.1. The molecule has 0 aliphatic heterocycles. The van der Waals surface area contributed by atoms with Gasteiger partial charge in [-0.1, -0.05) is 12.1 Å². The van der Waals surface area contributed by atoms with E-state index in [0.717, 1.165) is 17.4 Å². The fourth-order valence-corrected chi connectivity index (χ4v) is 3.35. The molecule has 9 heteroatoms. The van der Waals surface area contributed by atoms with Crippen molar-refractivity contribution in [2.45, 2.75) is 20.8 Å². The van der Waals surface area contributed by atoms with Gasteiger partial charge in [-0.05, 0) is 32.1 Å². The van der Waals surface area contributed by atoms with Crippen LogP contribution >= 0.6 is 11.3 Å². The van der Waals surface area contributed by atoms with E-state index in [0.29, 0.717) is 18.8 Å². The number of para-hydroxylation sites is 1. The molecule has 0 radical (unpaired) electrons. The highest BCUT2D eigenvalue weighted by Crippen LogP contribution is 2.30. The largest absolute Gasteiger partial charge is 0.452 e. The van der Waals surface area contributed by atoms with Crippen LogP contribution in [-0.4, -0.2) is 47.4 Å². The third-order valence-electron chi connectivity index (χ3n) is 3.95. The zero-order valence-corrected chi connectivity index (χ0v) is 17.2. The minimum Gasteiger partial charge on any atom is -0.452 e. The lowest BCUT2D eigenvalue weighted by Gasteiger charge is -2.18. The van der Waals surface area contributed by atoms with E-state index < -0.39 is 17.7 Å². The summed E-state index contributed by atoms with van der Waals surface area (Å²) in [7, 11) is 0. The summed E-state index contributed by atoms with van der Waals surface area (Å²) in [6, 6.07) is 5.90. The Hall–Kier alpha value is -3.07. The molecule has 0 unspecified atom stereocenters. The molecule has 0 bridgehead atoms. The molecule has 0 aliphatic carbocycles. The Bertz CT molecular complexity index is 909. The van der Waals surface area contributed by atoms with Gasteiger partial charge in [0.25, 0.3) is 5.91 Å². The molecule has 2 aromatic rings. The number of esters is 1. The first-order valence-corrected chi connectivity index (χ1v) is 9.88. The number of anilines is 2. The molecule has 7 nitrogen and oxygen atoms in total. The van der Waals surface area contributed by atoms with Crippen LogP contribution < -0.4 is 4.90 Å². The van der Waals surface area contributed by atoms with Gasteiger partial charge in [0, 0.05) is 31.5 Å². The first-order chi connectivity index (χ1) is 13.9. The predicted octanol–water partition coefficient (Wildman–Crippen LogP) is 3.39. The standard InChI is InChI=1S/C20H22FN3O4S/c1-4-23(5-2)18(26)12-28-19(27)11-10-15-13-29-20(22-15)24(14(3)25)17-9-7-6-8-16(17)21/h6-11,13H,4-5,12H2,1-3H3/b11-10+. The van der Waals surface area contributed by atoms with Crippen LogP contribution in [0.25, 0.3) is 6.08 Å². The van der Waals surface area contributed by atoms with Gasteiger partial charge in [0.05, 0.1) is 11.4 Å². The van der Waals surface area contributed by atoms with Gasteiger partial charge in [-0.15, -0.1) is 11.3 Å². The number of rotatable bonds is 8. The molecule has 154 valence electrons. The molecular weight excluding hydrogens is 397 g/mol. The van der Waals surface area contributed by atoms with Gasteiger partial charge in [-0.25, -0.2) is 14.2 Å². The number of thiazole rings is 1. The van der Waals surface area contributed by atoms with Crippen LogP contribution in [0.5, 0.6) is 0 Å². The number of carbonyl (C=O) groups excluding carboxylic acids is 3. The van der Waals surface area contributed by atoms with Crippen molar-refractivity contribution in [3.8, 4) is 0 Å². The highest BCUT2D eigenvalue weighted by Gasteiger charge is 2.20. The fourth-order valence-electron chi connectivity index (χ4n) is 2.50. The maximum atomic E-state index is 14.1. The quantitative estimate of drug-likeness (QED) is 0.484. The van der Waals surface area contributed by atoms with Crippen LogP contribution in [0, 0.1) is 5.82 Å². The Morgan fingerprint density at radius 3 is 2.52 bits per heavy atom. The van der Waals surface area contributed by atoms with Crippen LogP contribution in [0.2, 0.25) is 0 Å². The molecule has 29 heavy (non-hydrogen) atoms. The molecule has 0 saturated heterocycles. The molecule has 1 aromatic heterocycles. The molecular formula is C20H22FN3O4S. The zero-order chi connectivity index (χ0) is 21.4. The molecule has 0 N–H and O–H groups in total. The Morgan fingerprint density at radius 2 is 1.90 bits per heavy atom. The number of amides is 2. The lowest BCUT2D eigenvalue weighted by Crippen LogP contribution is -2.34. The molecule has 1 aromatic carbocycles. The molecule has 2 rings (SSSR count). The van der Waals surface area contributed by atoms with Gasteiger partial charge < -0.3 is 9.64 Å². The predicted molar refractivity (Wildman–Crippen MR) is 109 cm³/mol. The van der Waals surface area contributed by atoms with Crippen molar-refractivity contribution in [3.05, 3.63) is 47.2 Å². The summed E-state index contributed by atoms with van der Waals surface area (Å²) in [5.74, 6) is -1.89. The van der Waals surface area contributed by atoms with Crippen molar-refractivity contribution in [1.29, 1.82) is 0 Å². The Labute approximate surface area is 172 Å². The summed E-state index contributed by atoms with van der Waals surface area (Å²) in [5.41, 5.74) is 0.499. The topological polar surface area (TPSA) is 79.8 Å². The minimum atomic E-state index is -0.683. The summed E-state index contributed by atoms with van der Waals surface area (Å²) in [6.45, 7) is 5.74. The number of nitrogens with zero attached hydrogens (tertiary/aromatic N) is 3. The van der Waals surface area contributed by atoms with Crippen LogP contribution in [0.1, 0.15) is 26.5 Å². The maximum absolute atomic E-state index is 14.1. The highest BCUT2D eigenvalue weighted by molar-refractivity contribution is 7.14. The van der Waals surface area contributed by atoms with E-state index in [-0.39, 0.29) is 23.3 Å². The van der Waals surface area contributed by atoms with Gasteiger partial charge >= 0.3 is 5.97 Å². The second kappa shape index (κ2) is 10.5. The maximum Gasteiger partial charge on any atom is 0.331 e. The summed E-state index contributed by atoms with van der Waals surface area (Å²) < 4.78 is 19.0. The van der Waals surface area contributed by atoms with Crippen LogP contribution in [0.4, 0.5) is 15.2 Å². The third kappa shape index (κ3) is 5.95. The number of ether oxygens (including phenoxy) is 1. The SMILES string of the molecule is CCN(CC)C(=O)COC(=O)/C=C/c1csc(N(C(C)=O)c2ccccc2F)n1. The van der Waals surface area contributed by atoms with E-state index >= 15 is 0 Å². The molecule has 0 saturated carbocycles. The van der Waals surface area contributed by atoms with Crippen molar-refractivity contribution in [2.24, 2.45) is 0 Å². The zero-order valence-electron chi connectivity index (χ0n) is 16.4. The monoisotopic (exact) mass is 419 g/mol. The van der Waals surface area contributed by atoms with E-state index in [1.165, 1.54) is 36.1 Å². The summed E-state index contributed by atoms with van der Waals surface area (Å²) >= 11 is 1.13. The average molecular weight is 419 g/mol. The van der Waals surface area contributed by atoms with E-state index in [2.05, 4.69) is 4.98 Å². The molecule has 1 heterocycles. The lowest BCUT2D eigenvalue weighted by atomic mass is 10.3. The Morgan fingerprint density at radius 1 is 1.21 bits per heavy atom. The van der Waals surface area contributed by atoms with Gasteiger partial charge in [-0.3, -0.25) is 14.5 Å². The lowest BCUT2D eigenvalue weighted by molar-refractivity contribution is -0.147. The normalized spacial score (nSPS) is 10.8. The van der Waals surface area contributed by atoms with Crippen LogP contribution in [0.15, 0.2) is 35.7 Å². The average Bonchev–Trinajstić information content (AvgIpc) is 3.15. The van der Waals surface area contributed by atoms with Gasteiger partial charge in [0.2, 0.25) is 5.91 Å². The molecule has 0 spiro atoms. The first kappa shape index (κ1) is 22.2. The summed E-state index contributed by atoms with van der Waals surface area (Å²) in [5, 5.41) is 1.89. The van der Waals surface area contributed by atoms with Gasteiger partial charge in [-0.2, -0.15) is 0 Å². The summed E-state index contributed by atoms with van der Waals surface area (Å²) in [4.78, 5) is 42.7. The van der Waals surface area contributed by atoms with Gasteiger partial charge in [0.1, 0.15) is 5.82 Å². The van der Waals surface area contributed by atoms with E-state index in [4.69, 9.17) is 4.74 Å². The number of halogens is 1. The number of aromatic nitrogens is 1. The third-order valence-corrected chi connectivity index (χ3v) is 4.80. The van der Waals surface area contributed by atoms with Crippen molar-refractivity contribution < 1.29 is 23.5 Å². The van der Waals surface area contributed by atoms with Crippen molar-refractivity contribution in [2.75, 3.05) is 24.6 Å². The number of carbonyl (C=O) groups is 3. The van der Waals surface area contributed by atoms with E-state index in [9.17, 15) is 18.8 Å². The van der Waals surface area contributed by atoms with Crippen molar-refractivity contribution >= 4 is 46.0 Å². The molecule has 0 aliphatic rings. The van der Waals surface area contributed by atoms with Crippen molar-refractivity contribution in [1.82, 2.24) is 9.88 Å². The smallest absolute Gasteiger partial charge is 0.331 e. The number of hydrogen-bond donors (Lipinski definition) is 0. The first-order valence-electron chi connectivity index (χ1n) is 9.00. The van der Waals surface area contributed by atoms with Crippen LogP contribution in [0.3, 0.4) is 0 Å². The van der Waals surface area contributed by atoms with Crippen LogP contribution in [-0.2, 0) is 19.1 Å². The minimum absolute atomic E-state index is 0.0965. The second-order valence-corrected chi connectivity index (χ2v) is 6.70. The summed E-state index contributed by atoms with van der Waals surface area (Å²) in [6.07, 6.45) is 2.55. The van der Waals surface area contributed by atoms with E-state index in [1.807, 2.05) is 13.8 Å². The molecule has 0 fully saturated rings. The number of benzene rings is 1. The van der Waals surface area contributed by atoms with Crippen molar-refractivity contribution in [3.63, 3.8) is 0 Å².